The summed E-state index contributed by atoms with van der Waals surface area (Å²) in [7, 11) is 0. The van der Waals surface area contributed by atoms with Crippen LogP contribution >= 0.6 is 11.6 Å². The van der Waals surface area contributed by atoms with Crippen LogP contribution in [0.1, 0.15) is 18.9 Å². The highest BCUT2D eigenvalue weighted by Crippen LogP contribution is 2.11. The van der Waals surface area contributed by atoms with Gasteiger partial charge in [0.25, 0.3) is 0 Å². The molecule has 0 spiro atoms. The van der Waals surface area contributed by atoms with E-state index in [9.17, 15) is 0 Å². The van der Waals surface area contributed by atoms with Crippen LogP contribution in [0, 0.1) is 12.3 Å². The topological polar surface area (TPSA) is 12.0 Å². The fourth-order valence-corrected chi connectivity index (χ4v) is 1.68. The Labute approximate surface area is 96.8 Å². The molecular formula is C13H16ClN. The Hall–Kier alpha value is -0.970. The standard InChI is InChI=1S/C13H16ClN/c1-3-5-13(15-4-2)10-11-6-8-12(14)9-7-11/h1,6-9,13,15H,4-5,10H2,2H3. The van der Waals surface area contributed by atoms with E-state index in [1.165, 1.54) is 5.56 Å². The summed E-state index contributed by atoms with van der Waals surface area (Å²) in [6, 6.07) is 8.28. The van der Waals surface area contributed by atoms with E-state index in [2.05, 4.69) is 18.2 Å². The Morgan fingerprint density at radius 3 is 2.60 bits per heavy atom. The normalized spacial score (nSPS) is 12.1. The van der Waals surface area contributed by atoms with E-state index < -0.39 is 0 Å². The zero-order valence-corrected chi connectivity index (χ0v) is 9.72. The maximum Gasteiger partial charge on any atom is 0.0406 e. The predicted molar refractivity (Wildman–Crippen MR) is 66.1 cm³/mol. The van der Waals surface area contributed by atoms with Crippen molar-refractivity contribution in [3.05, 3.63) is 34.9 Å². The molecule has 0 aliphatic carbocycles. The molecule has 15 heavy (non-hydrogen) atoms. The van der Waals surface area contributed by atoms with Gasteiger partial charge in [0, 0.05) is 17.5 Å². The van der Waals surface area contributed by atoms with Crippen LogP contribution in [0.15, 0.2) is 24.3 Å². The quantitative estimate of drug-likeness (QED) is 0.754. The van der Waals surface area contributed by atoms with Crippen LogP contribution in [0.25, 0.3) is 0 Å². The number of halogens is 1. The van der Waals surface area contributed by atoms with Gasteiger partial charge in [0.15, 0.2) is 0 Å². The molecule has 0 saturated carbocycles. The van der Waals surface area contributed by atoms with Crippen LogP contribution < -0.4 is 5.32 Å². The van der Waals surface area contributed by atoms with Crippen molar-refractivity contribution in [3.63, 3.8) is 0 Å². The predicted octanol–water partition coefficient (Wildman–Crippen LogP) is 2.88. The van der Waals surface area contributed by atoms with E-state index in [1.807, 2.05) is 24.3 Å². The summed E-state index contributed by atoms with van der Waals surface area (Å²) < 4.78 is 0. The highest BCUT2D eigenvalue weighted by molar-refractivity contribution is 6.30. The van der Waals surface area contributed by atoms with Gasteiger partial charge in [-0.2, -0.15) is 0 Å². The van der Waals surface area contributed by atoms with Crippen LogP contribution in [0.5, 0.6) is 0 Å². The van der Waals surface area contributed by atoms with Gasteiger partial charge < -0.3 is 5.32 Å². The summed E-state index contributed by atoms with van der Waals surface area (Å²) in [6.45, 7) is 3.03. The van der Waals surface area contributed by atoms with Crippen molar-refractivity contribution in [2.75, 3.05) is 6.54 Å². The molecule has 0 heterocycles. The van der Waals surface area contributed by atoms with Crippen LogP contribution in [0.3, 0.4) is 0 Å². The highest BCUT2D eigenvalue weighted by Gasteiger charge is 2.06. The molecule has 0 aliphatic heterocycles. The summed E-state index contributed by atoms with van der Waals surface area (Å²) in [6.07, 6.45) is 7.04. The number of hydrogen-bond acceptors (Lipinski definition) is 1. The highest BCUT2D eigenvalue weighted by atomic mass is 35.5. The first-order valence-electron chi connectivity index (χ1n) is 5.17. The summed E-state index contributed by atoms with van der Waals surface area (Å²) in [5, 5.41) is 4.14. The summed E-state index contributed by atoms with van der Waals surface area (Å²) >= 11 is 5.82. The van der Waals surface area contributed by atoms with Gasteiger partial charge in [-0.05, 0) is 30.7 Å². The smallest absolute Gasteiger partial charge is 0.0406 e. The molecule has 1 N–H and O–H groups in total. The molecule has 1 nitrogen and oxygen atoms in total. The van der Waals surface area contributed by atoms with Gasteiger partial charge in [0.2, 0.25) is 0 Å². The monoisotopic (exact) mass is 221 g/mol. The molecule has 0 aliphatic rings. The van der Waals surface area contributed by atoms with Crippen molar-refractivity contribution in [2.45, 2.75) is 25.8 Å². The van der Waals surface area contributed by atoms with Gasteiger partial charge in [0.05, 0.1) is 0 Å². The second-order valence-corrected chi connectivity index (χ2v) is 3.93. The minimum atomic E-state index is 0.362. The third kappa shape index (κ3) is 4.38. The fraction of sp³-hybridized carbons (Fsp3) is 0.385. The lowest BCUT2D eigenvalue weighted by molar-refractivity contribution is 0.535. The van der Waals surface area contributed by atoms with Crippen molar-refractivity contribution in [2.24, 2.45) is 0 Å². The van der Waals surface area contributed by atoms with Gasteiger partial charge in [-0.25, -0.2) is 0 Å². The van der Waals surface area contributed by atoms with Crippen molar-refractivity contribution < 1.29 is 0 Å². The Morgan fingerprint density at radius 2 is 2.07 bits per heavy atom. The number of rotatable bonds is 5. The second kappa shape index (κ2) is 6.50. The Balaban J connectivity index is 2.57. The minimum absolute atomic E-state index is 0.362. The lowest BCUT2D eigenvalue weighted by atomic mass is 10.0. The summed E-state index contributed by atoms with van der Waals surface area (Å²) in [4.78, 5) is 0. The van der Waals surface area contributed by atoms with Gasteiger partial charge >= 0.3 is 0 Å². The fourth-order valence-electron chi connectivity index (χ4n) is 1.55. The number of benzene rings is 1. The molecule has 1 aromatic carbocycles. The first kappa shape index (κ1) is 12.1. The lowest BCUT2D eigenvalue weighted by Gasteiger charge is -2.15. The molecule has 0 bridgehead atoms. The van der Waals surface area contributed by atoms with Crippen LogP contribution in [0.2, 0.25) is 5.02 Å². The summed E-state index contributed by atoms with van der Waals surface area (Å²) in [5.74, 6) is 2.70. The molecule has 0 fully saturated rings. The van der Waals surface area contributed by atoms with Crippen molar-refractivity contribution >= 4 is 11.6 Å². The molecule has 2 heteroatoms. The largest absolute Gasteiger partial charge is 0.313 e. The third-order valence-corrected chi connectivity index (χ3v) is 2.50. The van der Waals surface area contributed by atoms with Gasteiger partial charge in [0.1, 0.15) is 0 Å². The molecule has 1 aromatic rings. The number of likely N-dealkylation sites (N-methyl/N-ethyl adjacent to an activating group) is 1. The second-order valence-electron chi connectivity index (χ2n) is 3.49. The van der Waals surface area contributed by atoms with E-state index >= 15 is 0 Å². The molecule has 80 valence electrons. The lowest BCUT2D eigenvalue weighted by Crippen LogP contribution is -2.30. The minimum Gasteiger partial charge on any atom is -0.313 e. The number of terminal acetylenes is 1. The van der Waals surface area contributed by atoms with E-state index in [4.69, 9.17) is 18.0 Å². The van der Waals surface area contributed by atoms with Crippen molar-refractivity contribution in [1.29, 1.82) is 0 Å². The van der Waals surface area contributed by atoms with Crippen molar-refractivity contribution in [1.82, 2.24) is 5.32 Å². The van der Waals surface area contributed by atoms with E-state index in [1.54, 1.807) is 0 Å². The maximum atomic E-state index is 5.82. The van der Waals surface area contributed by atoms with Gasteiger partial charge in [-0.1, -0.05) is 30.7 Å². The van der Waals surface area contributed by atoms with Crippen LogP contribution in [-0.4, -0.2) is 12.6 Å². The molecule has 0 radical (unpaired) electrons. The average molecular weight is 222 g/mol. The molecule has 0 aromatic heterocycles. The van der Waals surface area contributed by atoms with Crippen molar-refractivity contribution in [3.8, 4) is 12.3 Å². The van der Waals surface area contributed by atoms with E-state index in [0.29, 0.717) is 6.04 Å². The molecule has 0 saturated heterocycles. The van der Waals surface area contributed by atoms with Gasteiger partial charge in [-0.15, -0.1) is 12.3 Å². The SMILES string of the molecule is C#CCC(Cc1ccc(Cl)cc1)NCC. The first-order chi connectivity index (χ1) is 7.26. The molecule has 0 amide bonds. The molecule has 1 rings (SSSR count). The Kier molecular flexibility index (Phi) is 5.25. The molecule has 1 unspecified atom stereocenters. The van der Waals surface area contributed by atoms with E-state index in [0.717, 1.165) is 24.4 Å². The maximum absolute atomic E-state index is 5.82. The Morgan fingerprint density at radius 1 is 1.40 bits per heavy atom. The van der Waals surface area contributed by atoms with Crippen LogP contribution in [0.4, 0.5) is 0 Å². The van der Waals surface area contributed by atoms with E-state index in [-0.39, 0.29) is 0 Å². The number of nitrogens with one attached hydrogen (secondary N) is 1. The zero-order valence-electron chi connectivity index (χ0n) is 8.96. The zero-order chi connectivity index (χ0) is 11.1. The Bertz CT molecular complexity index is 323. The molecular weight excluding hydrogens is 206 g/mol. The first-order valence-corrected chi connectivity index (χ1v) is 5.55. The summed E-state index contributed by atoms with van der Waals surface area (Å²) in [5.41, 5.74) is 1.26. The van der Waals surface area contributed by atoms with Crippen LogP contribution in [-0.2, 0) is 6.42 Å². The third-order valence-electron chi connectivity index (χ3n) is 2.25. The van der Waals surface area contributed by atoms with Gasteiger partial charge in [-0.3, -0.25) is 0 Å². The molecule has 1 atom stereocenters. The number of hydrogen-bond donors (Lipinski definition) is 1. The average Bonchev–Trinajstić information content (AvgIpc) is 2.22.